The number of ether oxygens (including phenoxy) is 1. The predicted octanol–water partition coefficient (Wildman–Crippen LogP) is 4.59. The Hall–Kier alpha value is -2.88. The van der Waals surface area contributed by atoms with Crippen LogP contribution in [0.15, 0.2) is 36.4 Å². The molecule has 0 unspecified atom stereocenters. The van der Waals surface area contributed by atoms with Crippen LogP contribution in [0.3, 0.4) is 0 Å². The van der Waals surface area contributed by atoms with Gasteiger partial charge in [-0.15, -0.1) is 0 Å². The van der Waals surface area contributed by atoms with E-state index < -0.39 is 53.1 Å². The number of nitrogens with zero attached hydrogens (tertiary/aromatic N) is 1. The molecule has 136 valence electrons. The fourth-order valence-corrected chi connectivity index (χ4v) is 2.75. The lowest BCUT2D eigenvalue weighted by Crippen LogP contribution is -2.19. The Labute approximate surface area is 147 Å². The predicted molar refractivity (Wildman–Crippen MR) is 85.1 cm³/mol. The zero-order valence-electron chi connectivity index (χ0n) is 13.8. The number of benzene rings is 2. The molecule has 26 heavy (non-hydrogen) atoms. The van der Waals surface area contributed by atoms with Crippen LogP contribution in [0.25, 0.3) is 0 Å². The highest BCUT2D eigenvalue weighted by Crippen LogP contribution is 2.38. The Balaban J connectivity index is 2.55. The molecule has 0 aromatic heterocycles. The van der Waals surface area contributed by atoms with Gasteiger partial charge in [-0.2, -0.15) is 5.26 Å². The fourth-order valence-electron chi connectivity index (χ4n) is 2.75. The number of halogens is 4. The molecule has 7 heteroatoms. The van der Waals surface area contributed by atoms with Crippen molar-refractivity contribution in [2.75, 3.05) is 6.61 Å². The molecular weight excluding hydrogens is 350 g/mol. The summed E-state index contributed by atoms with van der Waals surface area (Å²) < 4.78 is 60.1. The molecule has 0 spiro atoms. The van der Waals surface area contributed by atoms with E-state index in [4.69, 9.17) is 4.74 Å². The molecule has 0 aliphatic rings. The molecule has 0 fully saturated rings. The average molecular weight is 365 g/mol. The van der Waals surface area contributed by atoms with Gasteiger partial charge in [0.05, 0.1) is 25.0 Å². The first kappa shape index (κ1) is 19.4. The largest absolute Gasteiger partial charge is 0.466 e. The highest BCUT2D eigenvalue weighted by atomic mass is 19.2. The van der Waals surface area contributed by atoms with Crippen LogP contribution in [-0.4, -0.2) is 12.6 Å². The topological polar surface area (TPSA) is 50.1 Å². The Morgan fingerprint density at radius 2 is 1.73 bits per heavy atom. The molecule has 0 saturated carbocycles. The molecule has 0 N–H and O–H groups in total. The van der Waals surface area contributed by atoms with Crippen molar-refractivity contribution >= 4 is 5.97 Å². The third-order valence-corrected chi connectivity index (χ3v) is 3.91. The summed E-state index contributed by atoms with van der Waals surface area (Å²) in [5, 5.41) is 9.53. The second-order valence-electron chi connectivity index (χ2n) is 5.53. The summed E-state index contributed by atoms with van der Waals surface area (Å²) >= 11 is 0. The van der Waals surface area contributed by atoms with Gasteiger partial charge in [0.15, 0.2) is 11.6 Å². The number of hydrogen-bond donors (Lipinski definition) is 0. The maximum Gasteiger partial charge on any atom is 0.306 e. The van der Waals surface area contributed by atoms with Gasteiger partial charge in [-0.1, -0.05) is 12.1 Å². The number of rotatable bonds is 6. The van der Waals surface area contributed by atoms with Gasteiger partial charge >= 0.3 is 5.97 Å². The van der Waals surface area contributed by atoms with Gasteiger partial charge in [0.2, 0.25) is 0 Å². The summed E-state index contributed by atoms with van der Waals surface area (Å²) in [4.78, 5) is 11.9. The summed E-state index contributed by atoms with van der Waals surface area (Å²) in [6.45, 7) is 1.61. The van der Waals surface area contributed by atoms with E-state index in [1.807, 2.05) is 6.07 Å². The SMILES string of the molecule is CCOC(=O)C[C@@H](c1c(F)cccc1F)[C@@H](C#N)c1ccc(F)c(F)c1. The van der Waals surface area contributed by atoms with Crippen LogP contribution in [0.2, 0.25) is 0 Å². The van der Waals surface area contributed by atoms with Gasteiger partial charge in [-0.3, -0.25) is 4.79 Å². The van der Waals surface area contributed by atoms with Gasteiger partial charge < -0.3 is 4.74 Å². The van der Waals surface area contributed by atoms with Crippen molar-refractivity contribution in [3.8, 4) is 6.07 Å². The molecular formula is C19H15F4NO2. The summed E-state index contributed by atoms with van der Waals surface area (Å²) in [5.74, 6) is -7.53. The molecule has 3 nitrogen and oxygen atoms in total. The van der Waals surface area contributed by atoms with E-state index in [9.17, 15) is 27.6 Å². The first-order valence-corrected chi connectivity index (χ1v) is 7.83. The number of carbonyl (C=O) groups is 1. The zero-order valence-corrected chi connectivity index (χ0v) is 13.8. The Kier molecular flexibility index (Phi) is 6.34. The average Bonchev–Trinajstić information content (AvgIpc) is 2.58. The van der Waals surface area contributed by atoms with Gasteiger partial charge in [-0.25, -0.2) is 17.6 Å². The van der Waals surface area contributed by atoms with E-state index in [1.54, 1.807) is 6.92 Å². The number of esters is 1. The molecule has 2 aromatic carbocycles. The van der Waals surface area contributed by atoms with Crippen molar-refractivity contribution in [2.24, 2.45) is 0 Å². The monoisotopic (exact) mass is 365 g/mol. The molecule has 0 saturated heterocycles. The molecule has 2 rings (SSSR count). The van der Waals surface area contributed by atoms with Crippen LogP contribution >= 0.6 is 0 Å². The fraction of sp³-hybridized carbons (Fsp3) is 0.263. The van der Waals surface area contributed by atoms with Gasteiger partial charge in [0, 0.05) is 11.5 Å². The third-order valence-electron chi connectivity index (χ3n) is 3.91. The lowest BCUT2D eigenvalue weighted by Gasteiger charge is -2.23. The van der Waals surface area contributed by atoms with Crippen molar-refractivity contribution in [2.45, 2.75) is 25.2 Å². The maximum atomic E-state index is 14.3. The number of nitriles is 1. The lowest BCUT2D eigenvalue weighted by molar-refractivity contribution is -0.143. The lowest BCUT2D eigenvalue weighted by atomic mass is 9.79. The smallest absolute Gasteiger partial charge is 0.306 e. The van der Waals surface area contributed by atoms with E-state index in [2.05, 4.69) is 0 Å². The van der Waals surface area contributed by atoms with Crippen LogP contribution in [0.5, 0.6) is 0 Å². The van der Waals surface area contributed by atoms with E-state index in [1.165, 1.54) is 0 Å². The van der Waals surface area contributed by atoms with Gasteiger partial charge in [0.1, 0.15) is 11.6 Å². The zero-order chi connectivity index (χ0) is 19.3. The molecule has 2 atom stereocenters. The maximum absolute atomic E-state index is 14.3. The van der Waals surface area contributed by atoms with Crippen LogP contribution < -0.4 is 0 Å². The highest BCUT2D eigenvalue weighted by Gasteiger charge is 2.32. The molecule has 0 aliphatic heterocycles. The highest BCUT2D eigenvalue weighted by molar-refractivity contribution is 5.71. The molecule has 0 amide bonds. The molecule has 0 radical (unpaired) electrons. The Morgan fingerprint density at radius 3 is 2.27 bits per heavy atom. The van der Waals surface area contributed by atoms with E-state index in [-0.39, 0.29) is 12.2 Å². The van der Waals surface area contributed by atoms with Crippen molar-refractivity contribution in [1.82, 2.24) is 0 Å². The third kappa shape index (κ3) is 4.20. The quantitative estimate of drug-likeness (QED) is 0.556. The first-order chi connectivity index (χ1) is 12.4. The van der Waals surface area contributed by atoms with Crippen molar-refractivity contribution < 1.29 is 27.1 Å². The number of hydrogen-bond acceptors (Lipinski definition) is 3. The van der Waals surface area contributed by atoms with Crippen molar-refractivity contribution in [3.05, 3.63) is 70.8 Å². The van der Waals surface area contributed by atoms with Crippen LogP contribution in [0.1, 0.15) is 36.3 Å². The Bertz CT molecular complexity index is 828. The Morgan fingerprint density at radius 1 is 1.08 bits per heavy atom. The first-order valence-electron chi connectivity index (χ1n) is 7.83. The molecule has 0 aliphatic carbocycles. The van der Waals surface area contributed by atoms with Crippen LogP contribution in [-0.2, 0) is 9.53 Å². The molecule has 0 bridgehead atoms. The summed E-state index contributed by atoms with van der Waals surface area (Å²) in [5.41, 5.74) is -0.472. The summed E-state index contributed by atoms with van der Waals surface area (Å²) in [6.07, 6.45) is -0.497. The van der Waals surface area contributed by atoms with E-state index in [0.29, 0.717) is 0 Å². The van der Waals surface area contributed by atoms with E-state index >= 15 is 0 Å². The van der Waals surface area contributed by atoms with Gasteiger partial charge in [0.25, 0.3) is 0 Å². The summed E-state index contributed by atoms with van der Waals surface area (Å²) in [7, 11) is 0. The molecule has 2 aromatic rings. The van der Waals surface area contributed by atoms with Crippen molar-refractivity contribution in [1.29, 1.82) is 5.26 Å². The van der Waals surface area contributed by atoms with E-state index in [0.717, 1.165) is 36.4 Å². The van der Waals surface area contributed by atoms with Crippen LogP contribution in [0, 0.1) is 34.6 Å². The second kappa shape index (κ2) is 8.48. The van der Waals surface area contributed by atoms with Crippen molar-refractivity contribution in [3.63, 3.8) is 0 Å². The molecule has 0 heterocycles. The van der Waals surface area contributed by atoms with Crippen LogP contribution in [0.4, 0.5) is 17.6 Å². The second-order valence-corrected chi connectivity index (χ2v) is 5.53. The minimum atomic E-state index is -1.29. The standard InChI is InChI=1S/C19H15F4NO2/c1-2-26-18(25)9-12(19-15(21)4-3-5-16(19)22)13(10-24)11-6-7-14(20)17(23)8-11/h3-8,12-13H,2,9H2,1H3/t12-,13+/m1/s1. The number of carbonyl (C=O) groups excluding carboxylic acids is 1. The summed E-state index contributed by atoms with van der Waals surface area (Å²) in [6, 6.07) is 7.71. The van der Waals surface area contributed by atoms with Gasteiger partial charge in [-0.05, 0) is 36.8 Å². The normalized spacial score (nSPS) is 12.9. The minimum absolute atomic E-state index is 0.00310. The minimum Gasteiger partial charge on any atom is -0.466 e.